The van der Waals surface area contributed by atoms with Crippen molar-refractivity contribution in [3.63, 3.8) is 0 Å². The van der Waals surface area contributed by atoms with Crippen molar-refractivity contribution >= 4 is 22.4 Å². The average Bonchev–Trinajstić information content (AvgIpc) is 2.30. The standard InChI is InChI=1S/C10H11NO2S/c1-7-3-2-4-8-10(7)11-9(12)5-6-14(8)13/h2-4H,5-6H2,1H3,(H,11,12). The molecule has 0 fully saturated rings. The molecule has 0 aliphatic carbocycles. The summed E-state index contributed by atoms with van der Waals surface area (Å²) in [6.45, 7) is 1.90. The molecule has 1 unspecified atom stereocenters. The van der Waals surface area contributed by atoms with E-state index in [-0.39, 0.29) is 5.91 Å². The molecule has 1 aliphatic rings. The van der Waals surface area contributed by atoms with E-state index in [1.807, 2.05) is 25.1 Å². The van der Waals surface area contributed by atoms with E-state index in [2.05, 4.69) is 5.32 Å². The number of aryl methyl sites for hydroxylation is 1. The van der Waals surface area contributed by atoms with Crippen molar-refractivity contribution in [3.8, 4) is 0 Å². The van der Waals surface area contributed by atoms with Crippen LogP contribution >= 0.6 is 0 Å². The molecule has 14 heavy (non-hydrogen) atoms. The summed E-state index contributed by atoms with van der Waals surface area (Å²) in [4.78, 5) is 12.0. The van der Waals surface area contributed by atoms with Crippen molar-refractivity contribution in [3.05, 3.63) is 23.8 Å². The quantitative estimate of drug-likeness (QED) is 0.703. The van der Waals surface area contributed by atoms with Gasteiger partial charge in [0.05, 0.1) is 21.4 Å². The minimum absolute atomic E-state index is 0.0496. The van der Waals surface area contributed by atoms with E-state index in [0.29, 0.717) is 12.2 Å². The Balaban J connectivity index is 2.57. The SMILES string of the molecule is Cc1cccc2c1NC(=O)CCS2=O. The summed E-state index contributed by atoms with van der Waals surface area (Å²) < 4.78 is 11.7. The highest BCUT2D eigenvalue weighted by molar-refractivity contribution is 7.85. The van der Waals surface area contributed by atoms with Crippen LogP contribution in [-0.4, -0.2) is 15.9 Å². The maximum Gasteiger partial charge on any atom is 0.225 e. The molecule has 2 rings (SSSR count). The van der Waals surface area contributed by atoms with Gasteiger partial charge in [-0.3, -0.25) is 9.00 Å². The number of carbonyl (C=O) groups is 1. The van der Waals surface area contributed by atoms with Crippen LogP contribution in [0.2, 0.25) is 0 Å². The topological polar surface area (TPSA) is 46.2 Å². The molecular formula is C10H11NO2S. The summed E-state index contributed by atoms with van der Waals surface area (Å²) in [7, 11) is -1.05. The van der Waals surface area contributed by atoms with E-state index in [0.717, 1.165) is 16.1 Å². The number of rotatable bonds is 0. The van der Waals surface area contributed by atoms with Crippen LogP contribution in [0.5, 0.6) is 0 Å². The minimum atomic E-state index is -1.05. The number of nitrogens with one attached hydrogen (secondary N) is 1. The molecule has 1 aromatic rings. The summed E-state index contributed by atoms with van der Waals surface area (Å²) in [5.74, 6) is 0.369. The summed E-state index contributed by atoms with van der Waals surface area (Å²) >= 11 is 0. The zero-order valence-electron chi connectivity index (χ0n) is 7.87. The zero-order valence-corrected chi connectivity index (χ0v) is 8.69. The molecule has 1 heterocycles. The molecular weight excluding hydrogens is 198 g/mol. The van der Waals surface area contributed by atoms with Crippen LogP contribution in [0.15, 0.2) is 23.1 Å². The van der Waals surface area contributed by atoms with E-state index >= 15 is 0 Å². The third-order valence-electron chi connectivity index (χ3n) is 2.26. The molecule has 0 aromatic heterocycles. The van der Waals surface area contributed by atoms with E-state index in [9.17, 15) is 9.00 Å². The van der Waals surface area contributed by atoms with E-state index in [4.69, 9.17) is 0 Å². The highest BCUT2D eigenvalue weighted by Gasteiger charge is 2.19. The molecule has 0 radical (unpaired) electrons. The van der Waals surface area contributed by atoms with Gasteiger partial charge in [0.15, 0.2) is 0 Å². The van der Waals surface area contributed by atoms with Crippen molar-refractivity contribution in [2.75, 3.05) is 11.1 Å². The van der Waals surface area contributed by atoms with Crippen LogP contribution in [0.3, 0.4) is 0 Å². The van der Waals surface area contributed by atoms with Crippen LogP contribution in [0.1, 0.15) is 12.0 Å². The lowest BCUT2D eigenvalue weighted by Crippen LogP contribution is -2.11. The average molecular weight is 209 g/mol. The summed E-state index contributed by atoms with van der Waals surface area (Å²) in [6.07, 6.45) is 0.334. The zero-order chi connectivity index (χ0) is 10.1. The Hall–Kier alpha value is -1.16. The third kappa shape index (κ3) is 1.57. The van der Waals surface area contributed by atoms with Gasteiger partial charge in [0.1, 0.15) is 0 Å². The first-order chi connectivity index (χ1) is 6.68. The number of carbonyl (C=O) groups excluding carboxylic acids is 1. The van der Waals surface area contributed by atoms with Gasteiger partial charge in [-0.2, -0.15) is 0 Å². The lowest BCUT2D eigenvalue weighted by Gasteiger charge is -2.08. The number of amides is 1. The molecule has 1 aromatic carbocycles. The van der Waals surface area contributed by atoms with Gasteiger partial charge in [0.25, 0.3) is 0 Å². The molecule has 0 saturated heterocycles. The minimum Gasteiger partial charge on any atom is -0.325 e. The molecule has 1 N–H and O–H groups in total. The normalized spacial score (nSPS) is 20.9. The van der Waals surface area contributed by atoms with Gasteiger partial charge in [-0.1, -0.05) is 12.1 Å². The molecule has 1 amide bonds. The number of para-hydroxylation sites is 1. The van der Waals surface area contributed by atoms with Gasteiger partial charge in [-0.15, -0.1) is 0 Å². The van der Waals surface area contributed by atoms with Crippen molar-refractivity contribution in [2.24, 2.45) is 0 Å². The fourth-order valence-electron chi connectivity index (χ4n) is 1.49. The smallest absolute Gasteiger partial charge is 0.225 e. The second kappa shape index (κ2) is 3.53. The third-order valence-corrected chi connectivity index (χ3v) is 3.66. The first-order valence-corrected chi connectivity index (χ1v) is 5.78. The Morgan fingerprint density at radius 2 is 2.21 bits per heavy atom. The highest BCUT2D eigenvalue weighted by Crippen LogP contribution is 2.26. The fourth-order valence-corrected chi connectivity index (χ4v) is 2.75. The monoisotopic (exact) mass is 209 g/mol. The number of anilines is 1. The van der Waals surface area contributed by atoms with Crippen LogP contribution in [0.4, 0.5) is 5.69 Å². The van der Waals surface area contributed by atoms with E-state index in [1.165, 1.54) is 0 Å². The number of benzene rings is 1. The Kier molecular flexibility index (Phi) is 2.37. The largest absolute Gasteiger partial charge is 0.325 e. The second-order valence-corrected chi connectivity index (χ2v) is 4.83. The first-order valence-electron chi connectivity index (χ1n) is 4.46. The highest BCUT2D eigenvalue weighted by atomic mass is 32.2. The Morgan fingerprint density at radius 3 is 3.00 bits per heavy atom. The van der Waals surface area contributed by atoms with Crippen molar-refractivity contribution in [1.29, 1.82) is 0 Å². The van der Waals surface area contributed by atoms with E-state index in [1.54, 1.807) is 0 Å². The van der Waals surface area contributed by atoms with Gasteiger partial charge in [0.2, 0.25) is 5.91 Å². The van der Waals surface area contributed by atoms with Gasteiger partial charge >= 0.3 is 0 Å². The van der Waals surface area contributed by atoms with Gasteiger partial charge < -0.3 is 5.32 Å². The maximum atomic E-state index is 11.7. The lowest BCUT2D eigenvalue weighted by atomic mass is 10.2. The lowest BCUT2D eigenvalue weighted by molar-refractivity contribution is -0.115. The Bertz CT molecular complexity index is 415. The number of fused-ring (bicyclic) bond motifs is 1. The maximum absolute atomic E-state index is 11.7. The van der Waals surface area contributed by atoms with Crippen LogP contribution in [-0.2, 0) is 15.6 Å². The summed E-state index contributed by atoms with van der Waals surface area (Å²) in [5.41, 5.74) is 1.69. The molecule has 0 saturated carbocycles. The predicted octanol–water partition coefficient (Wildman–Crippen LogP) is 1.44. The van der Waals surface area contributed by atoms with Gasteiger partial charge in [0, 0.05) is 12.2 Å². The molecule has 4 heteroatoms. The predicted molar refractivity (Wildman–Crippen MR) is 55.7 cm³/mol. The summed E-state index contributed by atoms with van der Waals surface area (Å²) in [6, 6.07) is 5.58. The molecule has 0 bridgehead atoms. The van der Waals surface area contributed by atoms with Crippen molar-refractivity contribution in [2.45, 2.75) is 18.2 Å². The molecule has 74 valence electrons. The van der Waals surface area contributed by atoms with Crippen molar-refractivity contribution < 1.29 is 9.00 Å². The summed E-state index contributed by atoms with van der Waals surface area (Å²) in [5, 5.41) is 2.79. The first kappa shape index (κ1) is 9.40. The molecule has 1 aliphatic heterocycles. The molecule has 1 atom stereocenters. The van der Waals surface area contributed by atoms with Crippen LogP contribution < -0.4 is 5.32 Å². The Labute approximate surface area is 85.0 Å². The van der Waals surface area contributed by atoms with Crippen LogP contribution in [0.25, 0.3) is 0 Å². The molecule has 3 nitrogen and oxygen atoms in total. The van der Waals surface area contributed by atoms with E-state index < -0.39 is 10.8 Å². The number of hydrogen-bond acceptors (Lipinski definition) is 2. The molecule has 0 spiro atoms. The second-order valence-electron chi connectivity index (χ2n) is 3.30. The van der Waals surface area contributed by atoms with Crippen molar-refractivity contribution in [1.82, 2.24) is 0 Å². The van der Waals surface area contributed by atoms with Gasteiger partial charge in [-0.05, 0) is 18.6 Å². The Morgan fingerprint density at radius 1 is 1.43 bits per heavy atom. The fraction of sp³-hybridized carbons (Fsp3) is 0.300. The van der Waals surface area contributed by atoms with Crippen LogP contribution in [0, 0.1) is 6.92 Å². The number of hydrogen-bond donors (Lipinski definition) is 1. The van der Waals surface area contributed by atoms with Gasteiger partial charge in [-0.25, -0.2) is 0 Å².